The number of aromatic nitrogens is 1. The van der Waals surface area contributed by atoms with Crippen molar-refractivity contribution in [3.63, 3.8) is 0 Å². The van der Waals surface area contributed by atoms with Crippen LogP contribution in [0.4, 0.5) is 5.13 Å². The average Bonchev–Trinajstić information content (AvgIpc) is 3.39. The normalized spacial score (nSPS) is 11.8. The van der Waals surface area contributed by atoms with Gasteiger partial charge in [-0.2, -0.15) is 4.31 Å². The molecule has 218 valence electrons. The van der Waals surface area contributed by atoms with Crippen molar-refractivity contribution in [1.29, 1.82) is 0 Å². The highest BCUT2D eigenvalue weighted by Gasteiger charge is 2.26. The first-order valence-electron chi connectivity index (χ1n) is 13.3. The molecule has 0 bridgehead atoms. The number of methoxy groups -OCH3 is 2. The summed E-state index contributed by atoms with van der Waals surface area (Å²) in [6.45, 7) is 3.65. The van der Waals surface area contributed by atoms with Gasteiger partial charge in [0.15, 0.2) is 16.6 Å². The van der Waals surface area contributed by atoms with Gasteiger partial charge in [0.2, 0.25) is 10.0 Å². The number of sulfonamides is 1. The molecule has 1 heterocycles. The van der Waals surface area contributed by atoms with Crippen molar-refractivity contribution in [1.82, 2.24) is 14.2 Å². The van der Waals surface area contributed by atoms with Gasteiger partial charge in [-0.15, -0.1) is 0 Å². The maximum Gasteiger partial charge on any atom is 0.260 e. The number of amides is 1. The summed E-state index contributed by atoms with van der Waals surface area (Å²) in [6.07, 6.45) is 0.735. The molecule has 11 heteroatoms. The van der Waals surface area contributed by atoms with Gasteiger partial charge in [-0.25, -0.2) is 13.4 Å². The summed E-state index contributed by atoms with van der Waals surface area (Å²) < 4.78 is 40.0. The molecule has 0 aliphatic carbocycles. The smallest absolute Gasteiger partial charge is 0.260 e. The molecule has 41 heavy (non-hydrogen) atoms. The minimum Gasteiger partial charge on any atom is -0.493 e. The fraction of sp³-hybridized carbons (Fsp3) is 0.333. The van der Waals surface area contributed by atoms with E-state index < -0.39 is 10.0 Å². The molecule has 0 aliphatic rings. The minimum absolute atomic E-state index is 0.144. The van der Waals surface area contributed by atoms with E-state index in [0.29, 0.717) is 40.8 Å². The number of hydrogen-bond acceptors (Lipinski definition) is 8. The van der Waals surface area contributed by atoms with Crippen LogP contribution in [0.2, 0.25) is 0 Å². The molecule has 0 atom stereocenters. The van der Waals surface area contributed by atoms with Gasteiger partial charge in [-0.1, -0.05) is 48.6 Å². The molecule has 0 spiro atoms. The number of nitrogens with zero attached hydrogens (tertiary/aromatic N) is 4. The standard InChI is InChI=1S/C30H36N4O5S2/c1-6-33(21-22-11-8-7-9-12-22)41(36,37)24-15-13-23(14-16-24)29(35)34(18-10-17-32(2)3)30-31-25-19-26(38-4)27(39-5)20-28(25)40-30/h7-9,11-16,19-20H,6,10,17-18,21H2,1-5H3. The van der Waals surface area contributed by atoms with Gasteiger partial charge in [0.05, 0.1) is 29.3 Å². The first-order valence-corrected chi connectivity index (χ1v) is 15.6. The number of carbonyl (C=O) groups excluding carboxylic acids is 1. The number of benzene rings is 3. The third-order valence-electron chi connectivity index (χ3n) is 6.64. The monoisotopic (exact) mass is 596 g/mol. The molecule has 1 amide bonds. The van der Waals surface area contributed by atoms with E-state index in [0.717, 1.165) is 23.2 Å². The number of carbonyl (C=O) groups is 1. The fourth-order valence-corrected chi connectivity index (χ4v) is 6.85. The summed E-state index contributed by atoms with van der Waals surface area (Å²) in [5, 5.41) is 0.552. The predicted molar refractivity (Wildman–Crippen MR) is 164 cm³/mol. The van der Waals surface area contributed by atoms with Crippen molar-refractivity contribution in [3.05, 3.63) is 77.9 Å². The molecular formula is C30H36N4O5S2. The Morgan fingerprint density at radius 3 is 2.20 bits per heavy atom. The van der Waals surface area contributed by atoms with E-state index in [1.54, 1.807) is 37.3 Å². The Morgan fingerprint density at radius 1 is 0.927 bits per heavy atom. The third kappa shape index (κ3) is 7.05. The van der Waals surface area contributed by atoms with Gasteiger partial charge in [-0.05, 0) is 56.9 Å². The zero-order valence-electron chi connectivity index (χ0n) is 24.0. The van der Waals surface area contributed by atoms with Crippen LogP contribution in [0.25, 0.3) is 10.2 Å². The van der Waals surface area contributed by atoms with Crippen LogP contribution in [0.5, 0.6) is 11.5 Å². The number of rotatable bonds is 13. The quantitative estimate of drug-likeness (QED) is 0.212. The molecule has 1 aromatic heterocycles. The van der Waals surface area contributed by atoms with Crippen LogP contribution in [0.1, 0.15) is 29.3 Å². The summed E-state index contributed by atoms with van der Waals surface area (Å²) >= 11 is 1.39. The molecule has 4 rings (SSSR count). The zero-order chi connectivity index (χ0) is 29.6. The van der Waals surface area contributed by atoms with Crippen molar-refractivity contribution in [3.8, 4) is 11.5 Å². The fourth-order valence-electron chi connectivity index (χ4n) is 4.42. The SMILES string of the molecule is CCN(Cc1ccccc1)S(=O)(=O)c1ccc(C(=O)N(CCCN(C)C)c2nc3cc(OC)c(OC)cc3s2)cc1. The number of hydrogen-bond donors (Lipinski definition) is 0. The Balaban J connectivity index is 1.62. The molecule has 3 aromatic carbocycles. The second-order valence-electron chi connectivity index (χ2n) is 9.73. The molecule has 0 unspecified atom stereocenters. The lowest BCUT2D eigenvalue weighted by Gasteiger charge is -2.22. The van der Waals surface area contributed by atoms with Crippen molar-refractivity contribution >= 4 is 42.6 Å². The van der Waals surface area contributed by atoms with Crippen molar-refractivity contribution < 1.29 is 22.7 Å². The van der Waals surface area contributed by atoms with Gasteiger partial charge in [0.25, 0.3) is 5.91 Å². The summed E-state index contributed by atoms with van der Waals surface area (Å²) in [7, 11) is 3.37. The van der Waals surface area contributed by atoms with Crippen molar-refractivity contribution in [2.45, 2.75) is 24.8 Å². The van der Waals surface area contributed by atoms with E-state index in [9.17, 15) is 13.2 Å². The summed E-state index contributed by atoms with van der Waals surface area (Å²) in [4.78, 5) is 22.4. The molecule has 0 radical (unpaired) electrons. The Kier molecular flexibility index (Phi) is 9.98. The van der Waals surface area contributed by atoms with Gasteiger partial charge >= 0.3 is 0 Å². The van der Waals surface area contributed by atoms with Crippen molar-refractivity contribution in [2.75, 3.05) is 52.8 Å². The molecule has 0 saturated carbocycles. The van der Waals surface area contributed by atoms with Crippen LogP contribution < -0.4 is 14.4 Å². The van der Waals surface area contributed by atoms with Gasteiger partial charge < -0.3 is 14.4 Å². The minimum atomic E-state index is -3.75. The van der Waals surface area contributed by atoms with Crippen LogP contribution >= 0.6 is 11.3 Å². The number of ether oxygens (including phenoxy) is 2. The first kappa shape index (κ1) is 30.4. The maximum absolute atomic E-state index is 13.8. The number of thiazole rings is 1. The van der Waals surface area contributed by atoms with Gasteiger partial charge in [-0.3, -0.25) is 9.69 Å². The van der Waals surface area contributed by atoms with E-state index in [-0.39, 0.29) is 17.3 Å². The van der Waals surface area contributed by atoms with Crippen LogP contribution in [0, 0.1) is 0 Å². The lowest BCUT2D eigenvalue weighted by atomic mass is 10.2. The molecule has 4 aromatic rings. The zero-order valence-corrected chi connectivity index (χ0v) is 25.7. The Labute approximate surface area is 246 Å². The highest BCUT2D eigenvalue weighted by Crippen LogP contribution is 2.37. The molecular weight excluding hydrogens is 560 g/mol. The van der Waals surface area contributed by atoms with Crippen molar-refractivity contribution in [2.24, 2.45) is 0 Å². The van der Waals surface area contributed by atoms with E-state index >= 15 is 0 Å². The highest BCUT2D eigenvalue weighted by molar-refractivity contribution is 7.89. The molecule has 0 N–H and O–H groups in total. The van der Waals surface area contributed by atoms with E-state index in [1.807, 2.05) is 57.4 Å². The maximum atomic E-state index is 13.8. The van der Waals surface area contributed by atoms with Crippen LogP contribution in [-0.4, -0.2) is 76.5 Å². The lowest BCUT2D eigenvalue weighted by Crippen LogP contribution is -2.33. The van der Waals surface area contributed by atoms with E-state index in [4.69, 9.17) is 14.5 Å². The molecule has 0 aliphatic heterocycles. The Bertz CT molecular complexity index is 1530. The van der Waals surface area contributed by atoms with Gasteiger partial charge in [0.1, 0.15) is 0 Å². The average molecular weight is 597 g/mol. The molecule has 9 nitrogen and oxygen atoms in total. The van der Waals surface area contributed by atoms with E-state index in [2.05, 4.69) is 4.90 Å². The Hall–Kier alpha value is -3.51. The van der Waals surface area contributed by atoms with E-state index in [1.165, 1.54) is 27.8 Å². The van der Waals surface area contributed by atoms with Crippen LogP contribution in [-0.2, 0) is 16.6 Å². The van der Waals surface area contributed by atoms with Crippen LogP contribution in [0.15, 0.2) is 71.6 Å². The third-order valence-corrected chi connectivity index (χ3v) is 9.62. The summed E-state index contributed by atoms with van der Waals surface area (Å²) in [6, 6.07) is 19.3. The predicted octanol–water partition coefficient (Wildman–Crippen LogP) is 5.12. The summed E-state index contributed by atoms with van der Waals surface area (Å²) in [5.74, 6) is 0.903. The van der Waals surface area contributed by atoms with Crippen LogP contribution in [0.3, 0.4) is 0 Å². The first-order chi connectivity index (χ1) is 19.7. The molecule has 0 fully saturated rings. The summed E-state index contributed by atoms with van der Waals surface area (Å²) in [5.41, 5.74) is 1.99. The largest absolute Gasteiger partial charge is 0.493 e. The number of anilines is 1. The topological polar surface area (TPSA) is 92.3 Å². The Morgan fingerprint density at radius 2 is 1.59 bits per heavy atom. The lowest BCUT2D eigenvalue weighted by molar-refractivity contribution is 0.0986. The highest BCUT2D eigenvalue weighted by atomic mass is 32.2. The van der Waals surface area contributed by atoms with Gasteiger partial charge in [0, 0.05) is 37.3 Å². The second kappa shape index (κ2) is 13.4. The molecule has 0 saturated heterocycles. The second-order valence-corrected chi connectivity index (χ2v) is 12.7. The number of fused-ring (bicyclic) bond motifs is 1.